The molecule has 0 fully saturated rings. The third-order valence-electron chi connectivity index (χ3n) is 1.62. The molecule has 1 rings (SSSR count). The highest BCUT2D eigenvalue weighted by molar-refractivity contribution is 6.31. The molecule has 1 aromatic rings. The summed E-state index contributed by atoms with van der Waals surface area (Å²) in [7, 11) is 1.55. The van der Waals surface area contributed by atoms with Gasteiger partial charge in [0.25, 0.3) is 0 Å². The van der Waals surface area contributed by atoms with Gasteiger partial charge in [-0.3, -0.25) is 10.1 Å². The van der Waals surface area contributed by atoms with Crippen LogP contribution in [0.15, 0.2) is 0 Å². The Kier molecular flexibility index (Phi) is 3.19. The number of nitrogens with one attached hydrogen (secondary N) is 1. The second-order valence-corrected chi connectivity index (χ2v) is 2.85. The molecule has 0 saturated carbocycles. The Morgan fingerprint density at radius 3 is 2.64 bits per heavy atom. The maximum Gasteiger partial charge on any atom is 0.348 e. The molecule has 14 heavy (non-hydrogen) atoms. The Morgan fingerprint density at radius 1 is 1.57 bits per heavy atom. The predicted octanol–water partition coefficient (Wildman–Crippen LogP) is 1.64. The molecular weight excluding hydrogens is 208 g/mol. The van der Waals surface area contributed by atoms with E-state index in [4.69, 9.17) is 11.6 Å². The molecule has 1 N–H and O–H groups in total. The Hall–Kier alpha value is -1.43. The molecule has 0 aliphatic rings. The quantitative estimate of drug-likeness (QED) is 0.472. The first-order valence-corrected chi connectivity index (χ1v) is 4.36. The molecule has 0 aliphatic carbocycles. The molecule has 0 aliphatic heterocycles. The molecule has 76 valence electrons. The van der Waals surface area contributed by atoms with Gasteiger partial charge >= 0.3 is 5.69 Å². The molecule has 0 radical (unpaired) electrons. The van der Waals surface area contributed by atoms with Crippen molar-refractivity contribution >= 4 is 23.1 Å². The third kappa shape index (κ3) is 1.90. The van der Waals surface area contributed by atoms with Crippen LogP contribution in [-0.2, 0) is 6.42 Å². The van der Waals surface area contributed by atoms with E-state index in [9.17, 15) is 10.1 Å². The summed E-state index contributed by atoms with van der Waals surface area (Å²) in [6, 6.07) is 0. The van der Waals surface area contributed by atoms with E-state index in [1.807, 2.05) is 6.92 Å². The van der Waals surface area contributed by atoms with Crippen molar-refractivity contribution in [3.05, 3.63) is 21.1 Å². The van der Waals surface area contributed by atoms with E-state index >= 15 is 0 Å². The van der Waals surface area contributed by atoms with Gasteiger partial charge in [-0.15, -0.1) is 0 Å². The average molecular weight is 217 g/mol. The van der Waals surface area contributed by atoms with Gasteiger partial charge in [-0.1, -0.05) is 18.5 Å². The van der Waals surface area contributed by atoms with E-state index in [1.165, 1.54) is 0 Å². The zero-order valence-corrected chi connectivity index (χ0v) is 8.50. The lowest BCUT2D eigenvalue weighted by Gasteiger charge is -2.03. The van der Waals surface area contributed by atoms with E-state index in [1.54, 1.807) is 7.05 Å². The van der Waals surface area contributed by atoms with Crippen molar-refractivity contribution in [2.24, 2.45) is 0 Å². The molecular formula is C7H9ClN4O2. The van der Waals surface area contributed by atoms with Gasteiger partial charge in [0, 0.05) is 13.5 Å². The molecule has 6 nitrogen and oxygen atoms in total. The number of hydrogen-bond donors (Lipinski definition) is 1. The van der Waals surface area contributed by atoms with Crippen molar-refractivity contribution in [2.75, 3.05) is 12.4 Å². The van der Waals surface area contributed by atoms with Crippen molar-refractivity contribution in [3.63, 3.8) is 0 Å². The van der Waals surface area contributed by atoms with Gasteiger partial charge in [0.1, 0.15) is 5.82 Å². The first-order chi connectivity index (χ1) is 6.60. The minimum atomic E-state index is -0.604. The summed E-state index contributed by atoms with van der Waals surface area (Å²) in [5.74, 6) is 0.622. The van der Waals surface area contributed by atoms with E-state index in [2.05, 4.69) is 15.3 Å². The molecule has 0 atom stereocenters. The number of halogens is 1. The van der Waals surface area contributed by atoms with Gasteiger partial charge in [-0.2, -0.15) is 0 Å². The number of nitro groups is 1. The summed E-state index contributed by atoms with van der Waals surface area (Å²) < 4.78 is 0. The highest BCUT2D eigenvalue weighted by atomic mass is 35.5. The number of rotatable bonds is 3. The Bertz CT molecular complexity index is 369. The van der Waals surface area contributed by atoms with Crippen LogP contribution in [0.4, 0.5) is 11.5 Å². The summed E-state index contributed by atoms with van der Waals surface area (Å²) >= 11 is 5.65. The van der Waals surface area contributed by atoms with E-state index in [-0.39, 0.29) is 16.7 Å². The van der Waals surface area contributed by atoms with Crippen LogP contribution in [0.2, 0.25) is 5.15 Å². The Labute approximate surface area is 85.5 Å². The zero-order chi connectivity index (χ0) is 10.7. The maximum atomic E-state index is 10.6. The monoisotopic (exact) mass is 216 g/mol. The SMILES string of the molecule is CCc1nc(Cl)c([N+](=O)[O-])c(NC)n1. The van der Waals surface area contributed by atoms with Gasteiger partial charge in [-0.05, 0) is 0 Å². The number of hydrogen-bond acceptors (Lipinski definition) is 5. The van der Waals surface area contributed by atoms with Crippen LogP contribution in [0.25, 0.3) is 0 Å². The van der Waals surface area contributed by atoms with Crippen LogP contribution in [0.1, 0.15) is 12.7 Å². The fourth-order valence-electron chi connectivity index (χ4n) is 0.965. The highest BCUT2D eigenvalue weighted by Gasteiger charge is 2.21. The topological polar surface area (TPSA) is 81.0 Å². The van der Waals surface area contributed by atoms with Crippen molar-refractivity contribution < 1.29 is 4.92 Å². The predicted molar refractivity (Wildman–Crippen MR) is 52.6 cm³/mol. The van der Waals surface area contributed by atoms with Crippen LogP contribution in [-0.4, -0.2) is 21.9 Å². The summed E-state index contributed by atoms with van der Waals surface area (Å²) in [6.07, 6.45) is 0.576. The first-order valence-electron chi connectivity index (χ1n) is 3.98. The van der Waals surface area contributed by atoms with Crippen LogP contribution in [0, 0.1) is 10.1 Å². The largest absolute Gasteiger partial charge is 0.367 e. The van der Waals surface area contributed by atoms with Crippen LogP contribution in [0.3, 0.4) is 0 Å². The van der Waals surface area contributed by atoms with Gasteiger partial charge < -0.3 is 5.32 Å². The van der Waals surface area contributed by atoms with E-state index in [0.717, 1.165) is 0 Å². The van der Waals surface area contributed by atoms with Crippen molar-refractivity contribution in [3.8, 4) is 0 Å². The standard InChI is InChI=1S/C7H9ClN4O2/c1-3-4-10-6(8)5(12(13)14)7(9-2)11-4/h3H2,1-2H3,(H,9,10,11). The van der Waals surface area contributed by atoms with Gasteiger partial charge in [0.05, 0.1) is 4.92 Å². The van der Waals surface area contributed by atoms with Gasteiger partial charge in [-0.25, -0.2) is 9.97 Å². The Morgan fingerprint density at radius 2 is 2.21 bits per heavy atom. The normalized spacial score (nSPS) is 9.93. The number of aryl methyl sites for hydroxylation is 1. The smallest absolute Gasteiger partial charge is 0.348 e. The number of nitrogens with zero attached hydrogens (tertiary/aromatic N) is 3. The van der Waals surface area contributed by atoms with Gasteiger partial charge in [0.15, 0.2) is 0 Å². The van der Waals surface area contributed by atoms with Crippen molar-refractivity contribution in [1.29, 1.82) is 0 Å². The van der Waals surface area contributed by atoms with E-state index in [0.29, 0.717) is 12.2 Å². The summed E-state index contributed by atoms with van der Waals surface area (Å²) in [4.78, 5) is 17.7. The minimum absolute atomic E-state index is 0.133. The van der Waals surface area contributed by atoms with Crippen molar-refractivity contribution in [1.82, 2.24) is 9.97 Å². The molecule has 0 saturated heterocycles. The van der Waals surface area contributed by atoms with Crippen LogP contribution >= 0.6 is 11.6 Å². The molecule has 0 aromatic carbocycles. The Balaban J connectivity index is 3.34. The first kappa shape index (κ1) is 10.6. The highest BCUT2D eigenvalue weighted by Crippen LogP contribution is 2.28. The van der Waals surface area contributed by atoms with Crippen molar-refractivity contribution in [2.45, 2.75) is 13.3 Å². The van der Waals surface area contributed by atoms with Gasteiger partial charge in [0.2, 0.25) is 11.0 Å². The maximum absolute atomic E-state index is 10.6. The molecule has 1 heterocycles. The van der Waals surface area contributed by atoms with Crippen LogP contribution < -0.4 is 5.32 Å². The summed E-state index contributed by atoms with van der Waals surface area (Å²) in [6.45, 7) is 1.84. The fraction of sp³-hybridized carbons (Fsp3) is 0.429. The zero-order valence-electron chi connectivity index (χ0n) is 7.74. The minimum Gasteiger partial charge on any atom is -0.367 e. The second-order valence-electron chi connectivity index (χ2n) is 2.49. The summed E-state index contributed by atoms with van der Waals surface area (Å²) in [5, 5.41) is 13.1. The summed E-state index contributed by atoms with van der Waals surface area (Å²) in [5.41, 5.74) is -0.286. The second kappa shape index (κ2) is 4.19. The third-order valence-corrected chi connectivity index (χ3v) is 1.89. The molecule has 0 unspecified atom stereocenters. The molecule has 0 amide bonds. The van der Waals surface area contributed by atoms with Crippen LogP contribution in [0.5, 0.6) is 0 Å². The molecule has 0 spiro atoms. The molecule has 7 heteroatoms. The lowest BCUT2D eigenvalue weighted by atomic mass is 10.4. The lowest BCUT2D eigenvalue weighted by Crippen LogP contribution is -2.05. The fourth-order valence-corrected chi connectivity index (χ4v) is 1.22. The average Bonchev–Trinajstić information content (AvgIpc) is 2.15. The number of anilines is 1. The molecule has 1 aromatic heterocycles. The lowest BCUT2D eigenvalue weighted by molar-refractivity contribution is -0.384. The van der Waals surface area contributed by atoms with E-state index < -0.39 is 4.92 Å². The molecule has 0 bridgehead atoms. The number of aromatic nitrogens is 2.